The Labute approximate surface area is 183 Å². The fourth-order valence-corrected chi connectivity index (χ4v) is 2.79. The summed E-state index contributed by atoms with van der Waals surface area (Å²) < 4.78 is 16.4. The number of hydrogen-bond acceptors (Lipinski definition) is 5. The number of rotatable bonds is 10. The summed E-state index contributed by atoms with van der Waals surface area (Å²) in [6.45, 7) is 3.22. The summed E-state index contributed by atoms with van der Waals surface area (Å²) in [5, 5.41) is 5.89. The second-order valence-electron chi connectivity index (χ2n) is 6.43. The van der Waals surface area contributed by atoms with Crippen molar-refractivity contribution in [3.8, 4) is 17.2 Å². The summed E-state index contributed by atoms with van der Waals surface area (Å²) in [4.78, 5) is 12.1. The molecule has 0 saturated heterocycles. The smallest absolute Gasteiger partial charge is 0.250 e. The maximum Gasteiger partial charge on any atom is 0.250 e. The van der Waals surface area contributed by atoms with Gasteiger partial charge in [0.25, 0.3) is 0 Å². The van der Waals surface area contributed by atoms with E-state index >= 15 is 0 Å². The lowest BCUT2D eigenvalue weighted by atomic mass is 10.2. The number of amides is 1. The number of carbonyl (C=O) groups excluding carboxylic acids is 1. The molecule has 0 spiro atoms. The minimum absolute atomic E-state index is 0.243. The van der Waals surface area contributed by atoms with Crippen molar-refractivity contribution in [3.63, 3.8) is 0 Å². The van der Waals surface area contributed by atoms with Gasteiger partial charge in [0, 0.05) is 18.2 Å². The highest BCUT2D eigenvalue weighted by Gasteiger charge is 2.07. The van der Waals surface area contributed by atoms with Crippen LogP contribution in [0.2, 0.25) is 0 Å². The van der Waals surface area contributed by atoms with Crippen LogP contribution in [0.5, 0.6) is 17.2 Å². The molecule has 2 N–H and O–H groups in total. The SMILES string of the molecule is CCCCOc1ccc(CNC(=S)NC(=O)/C=C/c2ccccc2OC)cc1OC. The molecule has 2 aromatic rings. The molecule has 0 radical (unpaired) electrons. The van der Waals surface area contributed by atoms with Crippen molar-refractivity contribution >= 4 is 29.3 Å². The molecule has 7 heteroatoms. The topological polar surface area (TPSA) is 68.8 Å². The number of carbonyl (C=O) groups is 1. The van der Waals surface area contributed by atoms with Crippen molar-refractivity contribution < 1.29 is 19.0 Å². The Kier molecular flexibility index (Phi) is 9.67. The van der Waals surface area contributed by atoms with Crippen molar-refractivity contribution in [3.05, 3.63) is 59.7 Å². The van der Waals surface area contributed by atoms with E-state index in [0.29, 0.717) is 30.4 Å². The van der Waals surface area contributed by atoms with Crippen LogP contribution in [0.15, 0.2) is 48.5 Å². The minimum atomic E-state index is -0.323. The first kappa shape index (κ1) is 23.2. The van der Waals surface area contributed by atoms with Gasteiger partial charge in [0.1, 0.15) is 5.75 Å². The van der Waals surface area contributed by atoms with Crippen LogP contribution in [0.4, 0.5) is 0 Å². The first-order chi connectivity index (χ1) is 14.6. The van der Waals surface area contributed by atoms with Crippen LogP contribution in [0.3, 0.4) is 0 Å². The third-order valence-corrected chi connectivity index (χ3v) is 4.47. The summed E-state index contributed by atoms with van der Waals surface area (Å²) in [7, 11) is 3.20. The Bertz CT molecular complexity index is 883. The van der Waals surface area contributed by atoms with Crippen molar-refractivity contribution in [1.29, 1.82) is 0 Å². The molecule has 0 fully saturated rings. The van der Waals surface area contributed by atoms with Gasteiger partial charge in [-0.1, -0.05) is 37.6 Å². The third kappa shape index (κ3) is 7.40. The number of ether oxygens (including phenoxy) is 3. The second kappa shape index (κ2) is 12.5. The first-order valence-electron chi connectivity index (χ1n) is 9.77. The molecule has 0 bridgehead atoms. The highest BCUT2D eigenvalue weighted by Crippen LogP contribution is 2.28. The van der Waals surface area contributed by atoms with Crippen molar-refractivity contribution in [2.24, 2.45) is 0 Å². The van der Waals surface area contributed by atoms with Crippen LogP contribution < -0.4 is 24.8 Å². The molecule has 0 aliphatic heterocycles. The summed E-state index contributed by atoms with van der Waals surface area (Å²) in [6.07, 6.45) is 5.16. The van der Waals surface area contributed by atoms with Gasteiger partial charge in [0.05, 0.1) is 20.8 Å². The zero-order chi connectivity index (χ0) is 21.8. The van der Waals surface area contributed by atoms with E-state index in [1.54, 1.807) is 20.3 Å². The molecule has 2 aromatic carbocycles. The van der Waals surface area contributed by atoms with Crippen LogP contribution in [0, 0.1) is 0 Å². The van der Waals surface area contributed by atoms with Crippen molar-refractivity contribution in [2.45, 2.75) is 26.3 Å². The van der Waals surface area contributed by atoms with E-state index in [9.17, 15) is 4.79 Å². The Morgan fingerprint density at radius 3 is 2.57 bits per heavy atom. The maximum absolute atomic E-state index is 12.1. The molecule has 6 nitrogen and oxygen atoms in total. The molecule has 0 saturated carbocycles. The van der Waals surface area contributed by atoms with Gasteiger partial charge in [-0.2, -0.15) is 0 Å². The number of hydrogen-bond donors (Lipinski definition) is 2. The second-order valence-corrected chi connectivity index (χ2v) is 6.84. The van der Waals surface area contributed by atoms with E-state index in [1.165, 1.54) is 6.08 Å². The summed E-state index contributed by atoms with van der Waals surface area (Å²) in [5.74, 6) is 1.75. The Morgan fingerprint density at radius 2 is 1.83 bits per heavy atom. The highest BCUT2D eigenvalue weighted by atomic mass is 32.1. The van der Waals surface area contributed by atoms with Gasteiger partial charge in [0.15, 0.2) is 16.6 Å². The van der Waals surface area contributed by atoms with E-state index in [0.717, 1.165) is 24.0 Å². The molecular formula is C23H28N2O4S. The van der Waals surface area contributed by atoms with Crippen LogP contribution in [-0.2, 0) is 11.3 Å². The molecule has 0 aliphatic rings. The summed E-state index contributed by atoms with van der Waals surface area (Å²) in [5.41, 5.74) is 1.76. The molecule has 30 heavy (non-hydrogen) atoms. The number of thiocarbonyl (C=S) groups is 1. The van der Waals surface area contributed by atoms with E-state index in [2.05, 4.69) is 17.6 Å². The van der Waals surface area contributed by atoms with E-state index in [-0.39, 0.29) is 11.0 Å². The van der Waals surface area contributed by atoms with Gasteiger partial charge in [0.2, 0.25) is 5.91 Å². The van der Waals surface area contributed by atoms with Crippen LogP contribution in [0.1, 0.15) is 30.9 Å². The lowest BCUT2D eigenvalue weighted by Gasteiger charge is -2.13. The highest BCUT2D eigenvalue weighted by molar-refractivity contribution is 7.80. The Morgan fingerprint density at radius 1 is 1.07 bits per heavy atom. The van der Waals surface area contributed by atoms with Crippen LogP contribution in [0.25, 0.3) is 6.08 Å². The molecule has 0 aromatic heterocycles. The van der Waals surface area contributed by atoms with Crippen LogP contribution in [-0.4, -0.2) is 31.8 Å². The molecule has 1 amide bonds. The maximum atomic E-state index is 12.1. The lowest BCUT2D eigenvalue weighted by Crippen LogP contribution is -2.37. The number of methoxy groups -OCH3 is 2. The molecule has 2 rings (SSSR count). The molecule has 0 heterocycles. The van der Waals surface area contributed by atoms with Gasteiger partial charge in [-0.3, -0.25) is 10.1 Å². The Balaban J connectivity index is 1.86. The largest absolute Gasteiger partial charge is 0.496 e. The minimum Gasteiger partial charge on any atom is -0.496 e. The normalized spacial score (nSPS) is 10.5. The van der Waals surface area contributed by atoms with Gasteiger partial charge < -0.3 is 19.5 Å². The van der Waals surface area contributed by atoms with E-state index in [4.69, 9.17) is 26.4 Å². The summed E-state index contributed by atoms with van der Waals surface area (Å²) in [6, 6.07) is 13.1. The lowest BCUT2D eigenvalue weighted by molar-refractivity contribution is -0.115. The zero-order valence-electron chi connectivity index (χ0n) is 17.6. The molecule has 0 aliphatic carbocycles. The fourth-order valence-electron chi connectivity index (χ4n) is 2.62. The molecule has 0 unspecified atom stereocenters. The predicted molar refractivity (Wildman–Crippen MR) is 123 cm³/mol. The van der Waals surface area contributed by atoms with Crippen LogP contribution >= 0.6 is 12.2 Å². The predicted octanol–water partition coefficient (Wildman–Crippen LogP) is 4.09. The number of benzene rings is 2. The van der Waals surface area contributed by atoms with E-state index in [1.807, 2.05) is 42.5 Å². The van der Waals surface area contributed by atoms with Gasteiger partial charge in [-0.15, -0.1) is 0 Å². The van der Waals surface area contributed by atoms with E-state index < -0.39 is 0 Å². The fraction of sp³-hybridized carbons (Fsp3) is 0.304. The summed E-state index contributed by atoms with van der Waals surface area (Å²) >= 11 is 5.21. The quantitative estimate of drug-likeness (QED) is 0.338. The average molecular weight is 429 g/mol. The number of nitrogens with one attached hydrogen (secondary N) is 2. The molecular weight excluding hydrogens is 400 g/mol. The number of unbranched alkanes of at least 4 members (excludes halogenated alkanes) is 1. The van der Waals surface area contributed by atoms with Crippen molar-refractivity contribution in [1.82, 2.24) is 10.6 Å². The molecule has 160 valence electrons. The van der Waals surface area contributed by atoms with Gasteiger partial charge in [-0.25, -0.2) is 0 Å². The van der Waals surface area contributed by atoms with Gasteiger partial charge in [-0.05, 0) is 48.5 Å². The Hall–Kier alpha value is -3.06. The first-order valence-corrected chi connectivity index (χ1v) is 10.2. The number of para-hydroxylation sites is 1. The van der Waals surface area contributed by atoms with Gasteiger partial charge >= 0.3 is 0 Å². The monoisotopic (exact) mass is 428 g/mol. The van der Waals surface area contributed by atoms with Crippen molar-refractivity contribution in [2.75, 3.05) is 20.8 Å². The average Bonchev–Trinajstić information content (AvgIpc) is 2.77. The zero-order valence-corrected chi connectivity index (χ0v) is 18.4. The molecule has 0 atom stereocenters. The standard InChI is InChI=1S/C23H28N2O4S/c1-4-5-14-29-20-12-10-17(15-21(20)28-3)16-24-23(30)25-22(26)13-11-18-8-6-7-9-19(18)27-2/h6-13,15H,4-5,14,16H2,1-3H3,(H2,24,25,26,30)/b13-11+. The third-order valence-electron chi connectivity index (χ3n) is 4.23.